The minimum absolute atomic E-state index is 0.00392. The predicted molar refractivity (Wildman–Crippen MR) is 65.6 cm³/mol. The molecule has 1 rings (SSSR count). The van der Waals surface area contributed by atoms with Gasteiger partial charge in [0, 0.05) is 12.0 Å². The van der Waals surface area contributed by atoms with E-state index in [1.54, 1.807) is 6.92 Å². The fourth-order valence-corrected chi connectivity index (χ4v) is 2.51. The summed E-state index contributed by atoms with van der Waals surface area (Å²) >= 11 is 0. The van der Waals surface area contributed by atoms with Crippen LogP contribution in [0.3, 0.4) is 0 Å². The number of carbonyl (C=O) groups excluding carboxylic acids is 1. The van der Waals surface area contributed by atoms with Gasteiger partial charge >= 0.3 is 5.97 Å². The number of aliphatic carboxylic acids is 1. The molecule has 0 radical (unpaired) electrons. The number of carboxylic acid groups (broad SMARTS) is 1. The van der Waals surface area contributed by atoms with Gasteiger partial charge in [0.25, 0.3) is 0 Å². The lowest BCUT2D eigenvalue weighted by Crippen LogP contribution is -2.39. The minimum Gasteiger partial charge on any atom is -0.481 e. The van der Waals surface area contributed by atoms with Gasteiger partial charge in [0.15, 0.2) is 0 Å². The first-order valence-corrected chi connectivity index (χ1v) is 6.55. The first-order valence-electron chi connectivity index (χ1n) is 6.55. The Morgan fingerprint density at radius 2 is 1.88 bits per heavy atom. The highest BCUT2D eigenvalue weighted by atomic mass is 16.4. The molecule has 0 aromatic rings. The molecular formula is C13H23NO3. The van der Waals surface area contributed by atoms with E-state index in [9.17, 15) is 9.59 Å². The summed E-state index contributed by atoms with van der Waals surface area (Å²) in [6, 6.07) is -0.274. The molecule has 1 aliphatic carbocycles. The van der Waals surface area contributed by atoms with Gasteiger partial charge in [0.1, 0.15) is 0 Å². The Labute approximate surface area is 103 Å². The zero-order valence-electron chi connectivity index (χ0n) is 10.7. The molecule has 2 N–H and O–H groups in total. The van der Waals surface area contributed by atoms with E-state index >= 15 is 0 Å². The number of carbonyl (C=O) groups is 2. The monoisotopic (exact) mass is 241 g/mol. The second kappa shape index (κ2) is 6.62. The van der Waals surface area contributed by atoms with Crippen molar-refractivity contribution >= 4 is 11.9 Å². The zero-order valence-corrected chi connectivity index (χ0v) is 10.7. The summed E-state index contributed by atoms with van der Waals surface area (Å²) in [5.74, 6) is 0.0327. The number of amides is 1. The lowest BCUT2D eigenvalue weighted by atomic mass is 9.80. The molecule has 0 aliphatic heterocycles. The average molecular weight is 241 g/mol. The Hall–Kier alpha value is -1.06. The molecule has 1 aliphatic rings. The smallest absolute Gasteiger partial charge is 0.305 e. The van der Waals surface area contributed by atoms with E-state index in [1.165, 1.54) is 6.42 Å². The normalized spacial score (nSPS) is 26.2. The van der Waals surface area contributed by atoms with E-state index in [4.69, 9.17) is 5.11 Å². The van der Waals surface area contributed by atoms with E-state index in [0.29, 0.717) is 0 Å². The van der Waals surface area contributed by atoms with Crippen LogP contribution in [0.4, 0.5) is 0 Å². The Balaban J connectivity index is 2.31. The standard InChI is InChI=1S/C13H23NO3/c1-3-10-4-6-11(7-5-10)13(17)14-9(2)8-12(15)16/h9-11H,3-8H2,1-2H3,(H,14,17)(H,15,16). The molecule has 1 saturated carbocycles. The Bertz CT molecular complexity index is 270. The fourth-order valence-electron chi connectivity index (χ4n) is 2.51. The third-order valence-electron chi connectivity index (χ3n) is 3.66. The van der Waals surface area contributed by atoms with E-state index in [1.807, 2.05) is 0 Å². The molecular weight excluding hydrogens is 218 g/mol. The molecule has 1 atom stereocenters. The van der Waals surface area contributed by atoms with E-state index in [2.05, 4.69) is 12.2 Å². The largest absolute Gasteiger partial charge is 0.481 e. The predicted octanol–water partition coefficient (Wildman–Crippen LogP) is 2.18. The van der Waals surface area contributed by atoms with Crippen LogP contribution in [0.25, 0.3) is 0 Å². The molecule has 0 heterocycles. The van der Waals surface area contributed by atoms with Crippen LogP contribution >= 0.6 is 0 Å². The number of rotatable bonds is 5. The molecule has 98 valence electrons. The Kier molecular flexibility index (Phi) is 5.45. The van der Waals surface area contributed by atoms with Gasteiger partial charge in [-0.25, -0.2) is 0 Å². The summed E-state index contributed by atoms with van der Waals surface area (Å²) in [7, 11) is 0. The van der Waals surface area contributed by atoms with Gasteiger partial charge in [0.2, 0.25) is 5.91 Å². The topological polar surface area (TPSA) is 66.4 Å². The van der Waals surface area contributed by atoms with Crippen LogP contribution in [0.5, 0.6) is 0 Å². The van der Waals surface area contributed by atoms with Crippen molar-refractivity contribution in [1.82, 2.24) is 5.32 Å². The van der Waals surface area contributed by atoms with E-state index in [0.717, 1.165) is 31.6 Å². The Morgan fingerprint density at radius 3 is 2.35 bits per heavy atom. The van der Waals surface area contributed by atoms with Gasteiger partial charge < -0.3 is 10.4 Å². The fraction of sp³-hybridized carbons (Fsp3) is 0.846. The van der Waals surface area contributed by atoms with Crippen molar-refractivity contribution in [3.05, 3.63) is 0 Å². The van der Waals surface area contributed by atoms with Gasteiger partial charge in [-0.1, -0.05) is 13.3 Å². The molecule has 0 aromatic carbocycles. The highest BCUT2D eigenvalue weighted by Crippen LogP contribution is 2.30. The van der Waals surface area contributed by atoms with Crippen molar-refractivity contribution in [2.75, 3.05) is 0 Å². The summed E-state index contributed by atoms with van der Waals surface area (Å²) in [5, 5.41) is 11.4. The molecule has 0 saturated heterocycles. The first kappa shape index (κ1) is 14.0. The molecule has 0 spiro atoms. The molecule has 0 aromatic heterocycles. The van der Waals surface area contributed by atoms with Crippen LogP contribution in [0, 0.1) is 11.8 Å². The first-order chi connectivity index (χ1) is 8.02. The van der Waals surface area contributed by atoms with Crippen molar-refractivity contribution in [3.63, 3.8) is 0 Å². The quantitative estimate of drug-likeness (QED) is 0.775. The highest BCUT2D eigenvalue weighted by Gasteiger charge is 2.26. The van der Waals surface area contributed by atoms with Crippen molar-refractivity contribution in [3.8, 4) is 0 Å². The maximum absolute atomic E-state index is 11.9. The summed E-state index contributed by atoms with van der Waals surface area (Å²) in [6.07, 6.45) is 5.35. The summed E-state index contributed by atoms with van der Waals surface area (Å²) in [5.41, 5.74) is 0. The average Bonchev–Trinajstić information content (AvgIpc) is 2.28. The molecule has 1 amide bonds. The minimum atomic E-state index is -0.868. The molecule has 1 unspecified atom stereocenters. The van der Waals surface area contributed by atoms with Crippen LogP contribution < -0.4 is 5.32 Å². The number of hydrogen-bond donors (Lipinski definition) is 2. The number of carboxylic acids is 1. The lowest BCUT2D eigenvalue weighted by molar-refractivity contribution is -0.137. The van der Waals surface area contributed by atoms with Crippen LogP contribution in [-0.4, -0.2) is 23.0 Å². The third-order valence-corrected chi connectivity index (χ3v) is 3.66. The Morgan fingerprint density at radius 1 is 1.29 bits per heavy atom. The van der Waals surface area contributed by atoms with Gasteiger partial charge in [-0.05, 0) is 38.5 Å². The molecule has 17 heavy (non-hydrogen) atoms. The second-order valence-corrected chi connectivity index (χ2v) is 5.13. The summed E-state index contributed by atoms with van der Waals surface area (Å²) < 4.78 is 0. The van der Waals surface area contributed by atoms with Gasteiger partial charge in [-0.15, -0.1) is 0 Å². The van der Waals surface area contributed by atoms with Gasteiger partial charge in [-0.2, -0.15) is 0 Å². The molecule has 1 fully saturated rings. The van der Waals surface area contributed by atoms with Crippen LogP contribution in [0.2, 0.25) is 0 Å². The summed E-state index contributed by atoms with van der Waals surface area (Å²) in [6.45, 7) is 3.93. The van der Waals surface area contributed by atoms with Crippen molar-refractivity contribution < 1.29 is 14.7 Å². The van der Waals surface area contributed by atoms with Crippen LogP contribution in [0.15, 0.2) is 0 Å². The van der Waals surface area contributed by atoms with Gasteiger partial charge in [0.05, 0.1) is 6.42 Å². The SMILES string of the molecule is CCC1CCC(C(=O)NC(C)CC(=O)O)CC1. The number of nitrogens with one attached hydrogen (secondary N) is 1. The van der Waals surface area contributed by atoms with E-state index < -0.39 is 5.97 Å². The lowest BCUT2D eigenvalue weighted by Gasteiger charge is -2.27. The molecule has 4 nitrogen and oxygen atoms in total. The number of hydrogen-bond acceptors (Lipinski definition) is 2. The molecule has 4 heteroatoms. The molecule has 0 bridgehead atoms. The maximum atomic E-state index is 11.9. The second-order valence-electron chi connectivity index (χ2n) is 5.13. The van der Waals surface area contributed by atoms with Crippen molar-refractivity contribution in [2.45, 2.75) is 58.4 Å². The zero-order chi connectivity index (χ0) is 12.8. The van der Waals surface area contributed by atoms with Crippen LogP contribution in [-0.2, 0) is 9.59 Å². The van der Waals surface area contributed by atoms with Crippen molar-refractivity contribution in [1.29, 1.82) is 0 Å². The van der Waals surface area contributed by atoms with Gasteiger partial charge in [-0.3, -0.25) is 9.59 Å². The maximum Gasteiger partial charge on any atom is 0.305 e. The van der Waals surface area contributed by atoms with Crippen LogP contribution in [0.1, 0.15) is 52.4 Å². The van der Waals surface area contributed by atoms with E-state index in [-0.39, 0.29) is 24.3 Å². The summed E-state index contributed by atoms with van der Waals surface area (Å²) in [4.78, 5) is 22.4. The third kappa shape index (κ3) is 4.75. The van der Waals surface area contributed by atoms with Crippen molar-refractivity contribution in [2.24, 2.45) is 11.8 Å². The highest BCUT2D eigenvalue weighted by molar-refractivity contribution is 5.79.